The van der Waals surface area contributed by atoms with E-state index in [4.69, 9.17) is 16.3 Å². The minimum atomic E-state index is -0.546. The SMILES string of the molecule is COc1cc([N+](=O)[O-])ccc1NC(=O)c1c(Cl)c(C)nn1C. The number of amides is 1. The van der Waals surface area contributed by atoms with E-state index >= 15 is 0 Å². The second-order valence-electron chi connectivity index (χ2n) is 4.47. The van der Waals surface area contributed by atoms with Crippen LogP contribution in [0.4, 0.5) is 11.4 Å². The molecule has 0 fully saturated rings. The quantitative estimate of drug-likeness (QED) is 0.688. The second kappa shape index (κ2) is 6.02. The summed E-state index contributed by atoms with van der Waals surface area (Å²) in [4.78, 5) is 22.5. The molecule has 0 atom stereocenters. The summed E-state index contributed by atoms with van der Waals surface area (Å²) in [6.45, 7) is 1.69. The number of carbonyl (C=O) groups excluding carboxylic acids is 1. The number of hydrogen-bond acceptors (Lipinski definition) is 5. The minimum absolute atomic E-state index is 0.135. The molecule has 2 rings (SSSR count). The normalized spacial score (nSPS) is 10.4. The summed E-state index contributed by atoms with van der Waals surface area (Å²) in [5.41, 5.74) is 0.891. The zero-order valence-corrected chi connectivity index (χ0v) is 12.8. The summed E-state index contributed by atoms with van der Waals surface area (Å²) in [6, 6.07) is 3.89. The van der Waals surface area contributed by atoms with Crippen LogP contribution in [0.2, 0.25) is 5.02 Å². The Morgan fingerprint density at radius 1 is 1.50 bits per heavy atom. The number of non-ortho nitro benzene ring substituents is 1. The van der Waals surface area contributed by atoms with E-state index in [1.807, 2.05) is 0 Å². The van der Waals surface area contributed by atoms with Gasteiger partial charge in [0.15, 0.2) is 0 Å². The summed E-state index contributed by atoms with van der Waals surface area (Å²) in [5, 5.41) is 17.7. The number of nitro benzene ring substituents is 1. The predicted octanol–water partition coefficient (Wildman–Crippen LogP) is 2.55. The highest BCUT2D eigenvalue weighted by molar-refractivity contribution is 6.34. The van der Waals surface area contributed by atoms with Gasteiger partial charge in [-0.05, 0) is 13.0 Å². The molecule has 8 nitrogen and oxygen atoms in total. The average Bonchev–Trinajstić information content (AvgIpc) is 2.72. The first kappa shape index (κ1) is 15.8. The maximum Gasteiger partial charge on any atom is 0.275 e. The Morgan fingerprint density at radius 3 is 2.68 bits per heavy atom. The van der Waals surface area contributed by atoms with Crippen LogP contribution in [-0.4, -0.2) is 27.7 Å². The van der Waals surface area contributed by atoms with Crippen LogP contribution >= 0.6 is 11.6 Å². The van der Waals surface area contributed by atoms with Crippen molar-refractivity contribution in [3.63, 3.8) is 0 Å². The van der Waals surface area contributed by atoms with Crippen molar-refractivity contribution in [2.45, 2.75) is 6.92 Å². The molecule has 9 heteroatoms. The van der Waals surface area contributed by atoms with Gasteiger partial charge in [0.2, 0.25) is 0 Å². The Bertz CT molecular complexity index is 757. The first-order valence-electron chi connectivity index (χ1n) is 6.18. The fraction of sp³-hybridized carbons (Fsp3) is 0.231. The Balaban J connectivity index is 2.34. The van der Waals surface area contributed by atoms with Crippen LogP contribution in [0.15, 0.2) is 18.2 Å². The Morgan fingerprint density at radius 2 is 2.18 bits per heavy atom. The fourth-order valence-electron chi connectivity index (χ4n) is 1.96. The molecule has 116 valence electrons. The van der Waals surface area contributed by atoms with Gasteiger partial charge >= 0.3 is 0 Å². The van der Waals surface area contributed by atoms with Crippen LogP contribution in [0.1, 0.15) is 16.2 Å². The number of aromatic nitrogens is 2. The maximum absolute atomic E-state index is 12.3. The minimum Gasteiger partial charge on any atom is -0.494 e. The first-order chi connectivity index (χ1) is 10.3. The van der Waals surface area contributed by atoms with E-state index in [2.05, 4.69) is 10.4 Å². The number of aryl methyl sites for hydroxylation is 2. The molecule has 1 amide bonds. The van der Waals surface area contributed by atoms with E-state index in [1.165, 1.54) is 30.0 Å². The molecule has 0 aliphatic heterocycles. The number of nitrogens with zero attached hydrogens (tertiary/aromatic N) is 3. The van der Waals surface area contributed by atoms with E-state index in [-0.39, 0.29) is 22.2 Å². The third-order valence-electron chi connectivity index (χ3n) is 3.01. The van der Waals surface area contributed by atoms with Crippen molar-refractivity contribution < 1.29 is 14.5 Å². The highest BCUT2D eigenvalue weighted by atomic mass is 35.5. The number of hydrogen-bond donors (Lipinski definition) is 1. The lowest BCUT2D eigenvalue weighted by atomic mass is 10.2. The number of ether oxygens (including phenoxy) is 1. The first-order valence-corrected chi connectivity index (χ1v) is 6.55. The number of nitrogens with one attached hydrogen (secondary N) is 1. The lowest BCUT2D eigenvalue weighted by molar-refractivity contribution is -0.384. The summed E-state index contributed by atoms with van der Waals surface area (Å²) in [5.74, 6) is -0.308. The number of halogens is 1. The summed E-state index contributed by atoms with van der Waals surface area (Å²) >= 11 is 6.05. The average molecular weight is 325 g/mol. The van der Waals surface area contributed by atoms with E-state index in [0.29, 0.717) is 11.4 Å². The molecule has 22 heavy (non-hydrogen) atoms. The standard InChI is InChI=1S/C13H13ClN4O4/c1-7-11(14)12(17(2)16-7)13(19)15-9-5-4-8(18(20)21)6-10(9)22-3/h4-6H,1-3H3,(H,15,19). The van der Waals surface area contributed by atoms with E-state index in [9.17, 15) is 14.9 Å². The van der Waals surface area contributed by atoms with Crippen LogP contribution in [-0.2, 0) is 7.05 Å². The summed E-state index contributed by atoms with van der Waals surface area (Å²) in [7, 11) is 2.96. The predicted molar refractivity (Wildman–Crippen MR) is 80.6 cm³/mol. The van der Waals surface area contributed by atoms with Crippen molar-refractivity contribution in [2.24, 2.45) is 7.05 Å². The van der Waals surface area contributed by atoms with Crippen molar-refractivity contribution in [1.29, 1.82) is 0 Å². The van der Waals surface area contributed by atoms with Gasteiger partial charge in [0, 0.05) is 13.1 Å². The maximum atomic E-state index is 12.3. The smallest absolute Gasteiger partial charge is 0.275 e. The van der Waals surface area contributed by atoms with Crippen LogP contribution in [0.5, 0.6) is 5.75 Å². The van der Waals surface area contributed by atoms with Gasteiger partial charge in [-0.2, -0.15) is 5.10 Å². The van der Waals surface area contributed by atoms with Crippen molar-refractivity contribution in [2.75, 3.05) is 12.4 Å². The molecule has 1 aromatic carbocycles. The fourth-order valence-corrected chi connectivity index (χ4v) is 2.20. The Labute approximate surface area is 130 Å². The van der Waals surface area contributed by atoms with Gasteiger partial charge in [0.05, 0.1) is 34.5 Å². The van der Waals surface area contributed by atoms with Gasteiger partial charge in [-0.15, -0.1) is 0 Å². The lowest BCUT2D eigenvalue weighted by Gasteiger charge is -2.10. The van der Waals surface area contributed by atoms with Crippen LogP contribution in [0.3, 0.4) is 0 Å². The monoisotopic (exact) mass is 324 g/mol. The van der Waals surface area contributed by atoms with Gasteiger partial charge in [-0.25, -0.2) is 0 Å². The van der Waals surface area contributed by atoms with Crippen molar-refractivity contribution in [3.05, 3.63) is 44.7 Å². The summed E-state index contributed by atoms with van der Waals surface area (Å²) < 4.78 is 6.43. The molecule has 0 saturated heterocycles. The van der Waals surface area contributed by atoms with Crippen LogP contribution in [0, 0.1) is 17.0 Å². The topological polar surface area (TPSA) is 99.3 Å². The largest absolute Gasteiger partial charge is 0.494 e. The lowest BCUT2D eigenvalue weighted by Crippen LogP contribution is -2.17. The molecule has 0 saturated carbocycles. The zero-order chi connectivity index (χ0) is 16.4. The summed E-state index contributed by atoms with van der Waals surface area (Å²) in [6.07, 6.45) is 0. The highest BCUT2D eigenvalue weighted by Crippen LogP contribution is 2.30. The molecule has 2 aromatic rings. The second-order valence-corrected chi connectivity index (χ2v) is 4.85. The van der Waals surface area contributed by atoms with Crippen molar-refractivity contribution in [1.82, 2.24) is 9.78 Å². The molecule has 1 N–H and O–H groups in total. The number of methoxy groups -OCH3 is 1. The van der Waals surface area contributed by atoms with Crippen molar-refractivity contribution >= 4 is 28.9 Å². The molecule has 0 radical (unpaired) electrons. The van der Waals surface area contributed by atoms with Crippen LogP contribution < -0.4 is 10.1 Å². The van der Waals surface area contributed by atoms with E-state index in [1.54, 1.807) is 14.0 Å². The number of anilines is 1. The van der Waals surface area contributed by atoms with E-state index in [0.717, 1.165) is 0 Å². The molecule has 0 bridgehead atoms. The highest BCUT2D eigenvalue weighted by Gasteiger charge is 2.20. The number of rotatable bonds is 4. The van der Waals surface area contributed by atoms with Crippen molar-refractivity contribution in [3.8, 4) is 5.75 Å². The zero-order valence-electron chi connectivity index (χ0n) is 12.1. The van der Waals surface area contributed by atoms with Gasteiger partial charge < -0.3 is 10.1 Å². The van der Waals surface area contributed by atoms with Crippen LogP contribution in [0.25, 0.3) is 0 Å². The van der Waals surface area contributed by atoms with Gasteiger partial charge in [0.1, 0.15) is 11.4 Å². The molecule has 0 unspecified atom stereocenters. The molecule has 1 aromatic heterocycles. The number of benzene rings is 1. The van der Waals surface area contributed by atoms with Gasteiger partial charge in [-0.1, -0.05) is 11.6 Å². The molecule has 0 spiro atoms. The Hall–Kier alpha value is -2.61. The third kappa shape index (κ3) is 2.86. The molecule has 0 aliphatic rings. The third-order valence-corrected chi connectivity index (χ3v) is 3.46. The van der Waals surface area contributed by atoms with Gasteiger partial charge in [0.25, 0.3) is 11.6 Å². The number of carbonyl (C=O) groups is 1. The Kier molecular flexibility index (Phi) is 4.32. The molecule has 0 aliphatic carbocycles. The number of nitro groups is 1. The molecular formula is C13H13ClN4O4. The van der Waals surface area contributed by atoms with E-state index < -0.39 is 10.8 Å². The molecule has 1 heterocycles. The van der Waals surface area contributed by atoms with Gasteiger partial charge in [-0.3, -0.25) is 19.6 Å². The molecular weight excluding hydrogens is 312 g/mol.